The van der Waals surface area contributed by atoms with Crippen molar-refractivity contribution in [3.8, 4) is 0 Å². The summed E-state index contributed by atoms with van der Waals surface area (Å²) in [6.45, 7) is 0. The minimum atomic E-state index is -4.03. The second kappa shape index (κ2) is 5.54. The maximum Gasteiger partial charge on any atom is 0.238 e. The van der Waals surface area contributed by atoms with Crippen LogP contribution in [0.15, 0.2) is 59.5 Å². The van der Waals surface area contributed by atoms with Crippen LogP contribution >= 0.6 is 0 Å². The fourth-order valence-electron chi connectivity index (χ4n) is 1.85. The van der Waals surface area contributed by atoms with Gasteiger partial charge in [0.25, 0.3) is 0 Å². The van der Waals surface area contributed by atoms with Crippen LogP contribution in [0.25, 0.3) is 0 Å². The van der Waals surface area contributed by atoms with Crippen molar-refractivity contribution in [2.24, 2.45) is 5.14 Å². The Labute approximate surface area is 116 Å². The molecule has 0 spiro atoms. The van der Waals surface area contributed by atoms with Crippen molar-refractivity contribution in [2.75, 3.05) is 0 Å². The Balaban J connectivity index is 2.45. The predicted octanol–water partition coefficient (Wildman–Crippen LogP) is 1.25. The fraction of sp³-hybridized carbons (Fsp3) is 0.0714. The summed E-state index contributed by atoms with van der Waals surface area (Å²) in [6.07, 6.45) is -1.43. The SMILES string of the molecule is NS(=O)(=O)c1ccccc1C(=O)C(O)c1ccccc1. The summed E-state index contributed by atoms with van der Waals surface area (Å²) < 4.78 is 22.9. The highest BCUT2D eigenvalue weighted by atomic mass is 32.2. The number of carbonyl (C=O) groups excluding carboxylic acids is 1. The molecular formula is C14H13NO4S. The molecule has 2 aromatic rings. The summed E-state index contributed by atoms with van der Waals surface area (Å²) in [6, 6.07) is 13.8. The van der Waals surface area contributed by atoms with Gasteiger partial charge in [-0.2, -0.15) is 0 Å². The number of aliphatic hydroxyl groups is 1. The summed E-state index contributed by atoms with van der Waals surface area (Å²) in [4.78, 5) is 12.0. The van der Waals surface area contributed by atoms with Crippen LogP contribution in [-0.2, 0) is 10.0 Å². The van der Waals surface area contributed by atoms with Crippen LogP contribution < -0.4 is 5.14 Å². The van der Waals surface area contributed by atoms with Crippen LogP contribution in [0.5, 0.6) is 0 Å². The van der Waals surface area contributed by atoms with Crippen molar-refractivity contribution in [3.05, 3.63) is 65.7 Å². The Morgan fingerprint density at radius 3 is 2.15 bits per heavy atom. The molecule has 3 N–H and O–H groups in total. The first-order valence-corrected chi connectivity index (χ1v) is 7.35. The van der Waals surface area contributed by atoms with Crippen LogP contribution in [0.4, 0.5) is 0 Å². The molecule has 6 heteroatoms. The molecule has 2 aromatic carbocycles. The number of hydrogen-bond acceptors (Lipinski definition) is 4. The standard InChI is InChI=1S/C14H13NO4S/c15-20(18,19)12-9-5-4-8-11(12)14(17)13(16)10-6-2-1-3-7-10/h1-9,13,16H,(H2,15,18,19). The summed E-state index contributed by atoms with van der Waals surface area (Å²) in [5, 5.41) is 15.1. The van der Waals surface area contributed by atoms with E-state index >= 15 is 0 Å². The van der Waals surface area contributed by atoms with Crippen molar-refractivity contribution in [1.29, 1.82) is 0 Å². The number of nitrogens with two attached hydrogens (primary N) is 1. The summed E-state index contributed by atoms with van der Waals surface area (Å²) in [7, 11) is -4.03. The third kappa shape index (κ3) is 2.93. The molecule has 2 rings (SSSR count). The lowest BCUT2D eigenvalue weighted by atomic mass is 10.00. The zero-order valence-corrected chi connectivity index (χ0v) is 11.2. The van der Waals surface area contributed by atoms with E-state index in [0.29, 0.717) is 5.56 Å². The fourth-order valence-corrected chi connectivity index (χ4v) is 2.60. The van der Waals surface area contributed by atoms with E-state index in [1.807, 2.05) is 0 Å². The van der Waals surface area contributed by atoms with Crippen LogP contribution in [0.3, 0.4) is 0 Å². The molecule has 20 heavy (non-hydrogen) atoms. The van der Waals surface area contributed by atoms with Gasteiger partial charge < -0.3 is 5.11 Å². The van der Waals surface area contributed by atoms with E-state index in [-0.39, 0.29) is 10.5 Å². The third-order valence-electron chi connectivity index (χ3n) is 2.82. The van der Waals surface area contributed by atoms with Crippen molar-refractivity contribution < 1.29 is 18.3 Å². The van der Waals surface area contributed by atoms with Gasteiger partial charge in [0.15, 0.2) is 5.78 Å². The molecule has 0 bridgehead atoms. The lowest BCUT2D eigenvalue weighted by molar-refractivity contribution is 0.0744. The van der Waals surface area contributed by atoms with Crippen LogP contribution in [-0.4, -0.2) is 19.3 Å². The van der Waals surface area contributed by atoms with E-state index < -0.39 is 21.9 Å². The number of benzene rings is 2. The average molecular weight is 291 g/mol. The first-order valence-electron chi connectivity index (χ1n) is 5.80. The molecule has 1 unspecified atom stereocenters. The minimum absolute atomic E-state index is 0.119. The second-order valence-electron chi connectivity index (χ2n) is 4.22. The highest BCUT2D eigenvalue weighted by Crippen LogP contribution is 2.22. The molecule has 0 aromatic heterocycles. The van der Waals surface area contributed by atoms with E-state index in [9.17, 15) is 18.3 Å². The highest BCUT2D eigenvalue weighted by Gasteiger charge is 2.24. The van der Waals surface area contributed by atoms with Gasteiger partial charge in [0, 0.05) is 5.56 Å². The second-order valence-corrected chi connectivity index (χ2v) is 5.75. The number of primary sulfonamides is 1. The van der Waals surface area contributed by atoms with Crippen molar-refractivity contribution in [1.82, 2.24) is 0 Å². The molecule has 0 heterocycles. The maximum atomic E-state index is 12.2. The average Bonchev–Trinajstić information content (AvgIpc) is 2.46. The van der Waals surface area contributed by atoms with Gasteiger partial charge >= 0.3 is 0 Å². The van der Waals surface area contributed by atoms with E-state index in [0.717, 1.165) is 0 Å². The lowest BCUT2D eigenvalue weighted by Crippen LogP contribution is -2.20. The first kappa shape index (κ1) is 14.4. The van der Waals surface area contributed by atoms with E-state index in [1.165, 1.54) is 24.3 Å². The number of hydrogen-bond donors (Lipinski definition) is 2. The van der Waals surface area contributed by atoms with Gasteiger partial charge in [0.2, 0.25) is 10.0 Å². The first-order chi connectivity index (χ1) is 9.41. The molecule has 0 aliphatic heterocycles. The van der Waals surface area contributed by atoms with E-state index in [1.54, 1.807) is 30.3 Å². The Morgan fingerprint density at radius 2 is 1.55 bits per heavy atom. The van der Waals surface area contributed by atoms with Gasteiger partial charge in [0.1, 0.15) is 6.10 Å². The largest absolute Gasteiger partial charge is 0.380 e. The topological polar surface area (TPSA) is 97.5 Å². The number of rotatable bonds is 4. The Kier molecular flexibility index (Phi) is 3.99. The number of Topliss-reactive ketones (excluding diaryl/α,β-unsaturated/α-hetero) is 1. The van der Waals surface area contributed by atoms with Crippen LogP contribution in [0.1, 0.15) is 22.0 Å². The molecule has 0 fully saturated rings. The van der Waals surface area contributed by atoms with E-state index in [2.05, 4.69) is 0 Å². The molecule has 0 aliphatic carbocycles. The molecule has 0 saturated heterocycles. The van der Waals surface area contributed by atoms with Gasteiger partial charge in [-0.05, 0) is 17.7 Å². The quantitative estimate of drug-likeness (QED) is 0.828. The Hall–Kier alpha value is -2.02. The predicted molar refractivity (Wildman–Crippen MR) is 73.5 cm³/mol. The van der Waals surface area contributed by atoms with Crippen LogP contribution in [0.2, 0.25) is 0 Å². The number of aliphatic hydroxyl groups excluding tert-OH is 1. The van der Waals surface area contributed by atoms with Gasteiger partial charge in [-0.3, -0.25) is 4.79 Å². The summed E-state index contributed by atoms with van der Waals surface area (Å²) >= 11 is 0. The zero-order chi connectivity index (χ0) is 14.8. The molecule has 104 valence electrons. The molecule has 0 amide bonds. The van der Waals surface area contributed by atoms with Gasteiger partial charge in [-0.1, -0.05) is 42.5 Å². The maximum absolute atomic E-state index is 12.2. The summed E-state index contributed by atoms with van der Waals surface area (Å²) in [5.41, 5.74) is 0.271. The van der Waals surface area contributed by atoms with Gasteiger partial charge in [-0.15, -0.1) is 0 Å². The monoisotopic (exact) mass is 291 g/mol. The Bertz CT molecular complexity index is 726. The van der Waals surface area contributed by atoms with Gasteiger partial charge in [0.05, 0.1) is 4.90 Å². The van der Waals surface area contributed by atoms with Crippen molar-refractivity contribution in [2.45, 2.75) is 11.0 Å². The third-order valence-corrected chi connectivity index (χ3v) is 3.79. The molecular weight excluding hydrogens is 278 g/mol. The zero-order valence-electron chi connectivity index (χ0n) is 10.4. The lowest BCUT2D eigenvalue weighted by Gasteiger charge is -2.12. The molecule has 1 atom stereocenters. The number of sulfonamides is 1. The smallest absolute Gasteiger partial charge is 0.238 e. The Morgan fingerprint density at radius 1 is 1.00 bits per heavy atom. The molecule has 5 nitrogen and oxygen atoms in total. The normalized spacial score (nSPS) is 12.9. The van der Waals surface area contributed by atoms with Crippen LogP contribution in [0, 0.1) is 0 Å². The van der Waals surface area contributed by atoms with Gasteiger partial charge in [-0.25, -0.2) is 13.6 Å². The van der Waals surface area contributed by atoms with E-state index in [4.69, 9.17) is 5.14 Å². The number of carbonyl (C=O) groups is 1. The molecule has 0 saturated carbocycles. The number of ketones is 1. The highest BCUT2D eigenvalue weighted by molar-refractivity contribution is 7.89. The van der Waals surface area contributed by atoms with Crippen molar-refractivity contribution in [3.63, 3.8) is 0 Å². The molecule has 0 radical (unpaired) electrons. The summed E-state index contributed by atoms with van der Waals surface area (Å²) in [5.74, 6) is -0.708. The molecule has 0 aliphatic rings. The minimum Gasteiger partial charge on any atom is -0.380 e. The van der Waals surface area contributed by atoms with Crippen molar-refractivity contribution >= 4 is 15.8 Å².